The molecule has 0 bridgehead atoms. The van der Waals surface area contributed by atoms with E-state index in [1.165, 1.54) is 5.01 Å². The van der Waals surface area contributed by atoms with Crippen molar-refractivity contribution < 1.29 is 4.79 Å². The first kappa shape index (κ1) is 16.8. The van der Waals surface area contributed by atoms with Crippen LogP contribution in [0.4, 0.5) is 0 Å². The van der Waals surface area contributed by atoms with Crippen LogP contribution in [0, 0.1) is 0 Å². The number of pyridine rings is 1. The molecule has 0 saturated carbocycles. The van der Waals surface area contributed by atoms with Gasteiger partial charge in [0.1, 0.15) is 0 Å². The Morgan fingerprint density at radius 2 is 2.04 bits per heavy atom. The molecule has 0 aromatic carbocycles. The largest absolute Gasteiger partial charge is 0.339 e. The smallest absolute Gasteiger partial charge is 0.249 e. The molecule has 0 atom stereocenters. The second kappa shape index (κ2) is 7.71. The van der Waals surface area contributed by atoms with Crippen molar-refractivity contribution in [2.45, 2.75) is 39.0 Å². The number of hydrogen-bond acceptors (Lipinski definition) is 4. The van der Waals surface area contributed by atoms with E-state index in [0.29, 0.717) is 5.92 Å². The Balaban J connectivity index is 1.62. The van der Waals surface area contributed by atoms with Crippen LogP contribution in [0.1, 0.15) is 44.0 Å². The van der Waals surface area contributed by atoms with Crippen molar-refractivity contribution in [1.29, 1.82) is 0 Å². The van der Waals surface area contributed by atoms with Gasteiger partial charge in [-0.2, -0.15) is 0 Å². The van der Waals surface area contributed by atoms with E-state index < -0.39 is 0 Å². The number of nitrogens with zero attached hydrogens (tertiary/aromatic N) is 3. The van der Waals surface area contributed by atoms with E-state index in [2.05, 4.69) is 17.3 Å². The highest BCUT2D eigenvalue weighted by Gasteiger charge is 2.26. The number of hydrogen-bond donors (Lipinski definition) is 0. The Labute approximate surface area is 147 Å². The molecule has 1 aliphatic rings. The fraction of sp³-hybridized carbons (Fsp3) is 0.421. The number of piperidine rings is 1. The molecule has 2 aromatic rings. The molecular formula is C19H23N3OS. The number of carbonyl (C=O) groups is 1. The third kappa shape index (κ3) is 3.73. The second-order valence-corrected chi connectivity index (χ2v) is 7.06. The van der Waals surface area contributed by atoms with Crippen LogP contribution in [-0.2, 0) is 4.79 Å². The van der Waals surface area contributed by atoms with Gasteiger partial charge in [0, 0.05) is 47.9 Å². The van der Waals surface area contributed by atoms with E-state index in [1.54, 1.807) is 23.7 Å². The molecule has 24 heavy (non-hydrogen) atoms. The molecule has 0 N–H and O–H groups in total. The van der Waals surface area contributed by atoms with Gasteiger partial charge in [-0.3, -0.25) is 9.78 Å². The maximum atomic E-state index is 12.4. The maximum Gasteiger partial charge on any atom is 0.249 e. The van der Waals surface area contributed by atoms with Crippen LogP contribution in [0.25, 0.3) is 11.3 Å². The van der Waals surface area contributed by atoms with Gasteiger partial charge in [0.05, 0.1) is 10.7 Å². The van der Waals surface area contributed by atoms with Gasteiger partial charge in [-0.1, -0.05) is 13.0 Å². The average Bonchev–Trinajstić information content (AvgIpc) is 3.12. The summed E-state index contributed by atoms with van der Waals surface area (Å²) >= 11 is 1.73. The van der Waals surface area contributed by atoms with Crippen molar-refractivity contribution in [1.82, 2.24) is 14.9 Å². The summed E-state index contributed by atoms with van der Waals surface area (Å²) in [5.74, 6) is 0.650. The number of likely N-dealkylation sites (tertiary alicyclic amines) is 1. The molecule has 126 valence electrons. The van der Waals surface area contributed by atoms with E-state index in [-0.39, 0.29) is 5.91 Å². The van der Waals surface area contributed by atoms with E-state index in [1.807, 2.05) is 30.0 Å². The topological polar surface area (TPSA) is 46.1 Å². The van der Waals surface area contributed by atoms with E-state index >= 15 is 0 Å². The second-order valence-electron chi connectivity index (χ2n) is 6.17. The zero-order valence-electron chi connectivity index (χ0n) is 14.2. The van der Waals surface area contributed by atoms with Crippen LogP contribution in [-0.4, -0.2) is 33.9 Å². The summed E-state index contributed by atoms with van der Waals surface area (Å²) in [5.41, 5.74) is 3.00. The molecule has 1 fully saturated rings. The van der Waals surface area contributed by atoms with E-state index in [4.69, 9.17) is 4.98 Å². The molecule has 0 unspecified atom stereocenters. The highest BCUT2D eigenvalue weighted by Crippen LogP contribution is 2.33. The van der Waals surface area contributed by atoms with Crippen LogP contribution in [0.5, 0.6) is 0 Å². The van der Waals surface area contributed by atoms with Crippen molar-refractivity contribution in [2.75, 3.05) is 13.1 Å². The first-order valence-corrected chi connectivity index (χ1v) is 9.39. The lowest BCUT2D eigenvalue weighted by atomic mass is 9.97. The van der Waals surface area contributed by atoms with Crippen molar-refractivity contribution in [2.24, 2.45) is 0 Å². The molecule has 2 aromatic heterocycles. The predicted octanol–water partition coefficient (Wildman–Crippen LogP) is 4.27. The van der Waals surface area contributed by atoms with Crippen LogP contribution >= 0.6 is 11.3 Å². The van der Waals surface area contributed by atoms with E-state index in [0.717, 1.165) is 49.2 Å². The van der Waals surface area contributed by atoms with Gasteiger partial charge in [-0.15, -0.1) is 11.3 Å². The number of rotatable bonds is 4. The molecule has 3 rings (SSSR count). The number of aromatic nitrogens is 2. The van der Waals surface area contributed by atoms with Gasteiger partial charge < -0.3 is 4.90 Å². The van der Waals surface area contributed by atoms with Gasteiger partial charge in [-0.25, -0.2) is 4.98 Å². The molecule has 1 amide bonds. The molecular weight excluding hydrogens is 318 g/mol. The fourth-order valence-corrected chi connectivity index (χ4v) is 4.10. The number of allylic oxidation sites excluding steroid dienone is 1. The molecule has 1 aliphatic heterocycles. The SMILES string of the molecule is CC/C=C(/C)C(=O)N1CCC(c2nc(-c3ccncc3)cs2)CC1. The zero-order chi connectivity index (χ0) is 16.9. The Hall–Kier alpha value is -2.01. The first-order chi connectivity index (χ1) is 11.7. The van der Waals surface area contributed by atoms with Crippen molar-refractivity contribution in [3.8, 4) is 11.3 Å². The lowest BCUT2D eigenvalue weighted by Crippen LogP contribution is -2.38. The third-order valence-corrected chi connectivity index (χ3v) is 5.48. The summed E-state index contributed by atoms with van der Waals surface area (Å²) in [4.78, 5) is 23.2. The fourth-order valence-electron chi connectivity index (χ4n) is 3.10. The van der Waals surface area contributed by atoms with Crippen molar-refractivity contribution in [3.63, 3.8) is 0 Å². The summed E-state index contributed by atoms with van der Waals surface area (Å²) < 4.78 is 0. The standard InChI is InChI=1S/C19H23N3OS/c1-3-4-14(2)19(23)22-11-7-16(8-12-22)18-21-17(13-24-18)15-5-9-20-10-6-15/h4-6,9-10,13,16H,3,7-8,11-12H2,1-2H3/b14-4-. The average molecular weight is 341 g/mol. The Morgan fingerprint density at radius 1 is 1.33 bits per heavy atom. The van der Waals surface area contributed by atoms with Gasteiger partial charge in [0.25, 0.3) is 0 Å². The minimum Gasteiger partial charge on any atom is -0.339 e. The predicted molar refractivity (Wildman–Crippen MR) is 97.9 cm³/mol. The molecule has 3 heterocycles. The van der Waals surface area contributed by atoms with Gasteiger partial charge in [-0.05, 0) is 38.3 Å². The lowest BCUT2D eigenvalue weighted by Gasteiger charge is -2.31. The number of amides is 1. The van der Waals surface area contributed by atoms with Gasteiger partial charge in [0.15, 0.2) is 0 Å². The third-order valence-electron chi connectivity index (χ3n) is 4.48. The summed E-state index contributed by atoms with van der Waals surface area (Å²) in [6.45, 7) is 5.62. The van der Waals surface area contributed by atoms with Crippen LogP contribution in [0.15, 0.2) is 41.6 Å². The highest BCUT2D eigenvalue weighted by molar-refractivity contribution is 7.10. The molecule has 0 radical (unpaired) electrons. The summed E-state index contributed by atoms with van der Waals surface area (Å²) in [5, 5.41) is 3.31. The maximum absolute atomic E-state index is 12.4. The number of thiazole rings is 1. The molecule has 5 heteroatoms. The van der Waals surface area contributed by atoms with Crippen LogP contribution in [0.3, 0.4) is 0 Å². The van der Waals surface area contributed by atoms with Gasteiger partial charge in [0.2, 0.25) is 5.91 Å². The Kier molecular flexibility index (Phi) is 5.41. The molecule has 0 spiro atoms. The summed E-state index contributed by atoms with van der Waals surface area (Å²) in [6.07, 6.45) is 8.50. The quantitative estimate of drug-likeness (QED) is 0.780. The lowest BCUT2D eigenvalue weighted by molar-refractivity contribution is -0.128. The normalized spacial score (nSPS) is 16.4. The van der Waals surface area contributed by atoms with Crippen LogP contribution < -0.4 is 0 Å². The minimum atomic E-state index is 0.187. The Bertz CT molecular complexity index is 715. The zero-order valence-corrected chi connectivity index (χ0v) is 15.1. The minimum absolute atomic E-state index is 0.187. The first-order valence-electron chi connectivity index (χ1n) is 8.51. The van der Waals surface area contributed by atoms with E-state index in [9.17, 15) is 4.79 Å². The molecule has 4 nitrogen and oxygen atoms in total. The molecule has 1 saturated heterocycles. The van der Waals surface area contributed by atoms with Crippen molar-refractivity contribution >= 4 is 17.2 Å². The highest BCUT2D eigenvalue weighted by atomic mass is 32.1. The molecule has 0 aliphatic carbocycles. The summed E-state index contributed by atoms with van der Waals surface area (Å²) in [7, 11) is 0. The van der Waals surface area contributed by atoms with Crippen molar-refractivity contribution in [3.05, 3.63) is 46.6 Å². The van der Waals surface area contributed by atoms with Crippen LogP contribution in [0.2, 0.25) is 0 Å². The number of carbonyl (C=O) groups excluding carboxylic acids is 1. The monoisotopic (exact) mass is 341 g/mol. The Morgan fingerprint density at radius 3 is 2.71 bits per heavy atom. The van der Waals surface area contributed by atoms with Gasteiger partial charge >= 0.3 is 0 Å². The summed E-state index contributed by atoms with van der Waals surface area (Å²) in [6, 6.07) is 3.98.